The minimum atomic E-state index is -4.75. The molecule has 0 aliphatic heterocycles. The lowest BCUT2D eigenvalue weighted by Gasteiger charge is -2.14. The Bertz CT molecular complexity index is 1170. The van der Waals surface area contributed by atoms with Crippen LogP contribution in [0.1, 0.15) is 31.3 Å². The van der Waals surface area contributed by atoms with E-state index in [0.717, 1.165) is 17.3 Å². The number of nitrogens with zero attached hydrogens (tertiary/aromatic N) is 3. The summed E-state index contributed by atoms with van der Waals surface area (Å²) in [6.07, 6.45) is -4.75. The Morgan fingerprint density at radius 1 is 0.912 bits per heavy atom. The van der Waals surface area contributed by atoms with E-state index in [1.54, 1.807) is 45.0 Å². The van der Waals surface area contributed by atoms with E-state index in [-0.39, 0.29) is 16.5 Å². The summed E-state index contributed by atoms with van der Waals surface area (Å²) < 4.78 is 42.0. The van der Waals surface area contributed by atoms with Crippen LogP contribution in [0.3, 0.4) is 0 Å². The highest BCUT2D eigenvalue weighted by molar-refractivity contribution is 7.99. The molecule has 0 radical (unpaired) electrons. The van der Waals surface area contributed by atoms with Crippen molar-refractivity contribution >= 4 is 23.7 Å². The Kier molecular flexibility index (Phi) is 7.20. The molecular weight excluding hydrogens is 475 g/mol. The fraction of sp³-hybridized carbons (Fsp3) is 0.273. The number of carbonyl (C=O) groups excluding carboxylic acids is 2. The second kappa shape index (κ2) is 9.75. The summed E-state index contributed by atoms with van der Waals surface area (Å²) in [6.45, 7) is 4.85. The first-order valence-corrected chi connectivity index (χ1v) is 10.6. The monoisotopic (exact) mass is 495 g/mol. The van der Waals surface area contributed by atoms with Gasteiger partial charge < -0.3 is 4.74 Å². The Hall–Kier alpha value is -3.54. The molecule has 8 nitrogen and oxygen atoms in total. The highest BCUT2D eigenvalue weighted by Gasteiger charge is 2.31. The van der Waals surface area contributed by atoms with E-state index in [2.05, 4.69) is 24.8 Å². The number of benzene rings is 2. The molecule has 1 heterocycles. The largest absolute Gasteiger partial charge is 0.573 e. The molecule has 0 saturated heterocycles. The Balaban J connectivity index is 1.69. The predicted molar refractivity (Wildman–Crippen MR) is 115 cm³/mol. The third kappa shape index (κ3) is 6.50. The summed E-state index contributed by atoms with van der Waals surface area (Å²) in [5.74, 6) is -1.94. The highest BCUT2D eigenvalue weighted by Crippen LogP contribution is 2.32. The zero-order valence-electron chi connectivity index (χ0n) is 18.5. The lowest BCUT2D eigenvalue weighted by atomic mass is 9.98. The molecule has 0 saturated carbocycles. The molecule has 12 heteroatoms. The Labute approximate surface area is 196 Å². The molecule has 3 rings (SSSR count). The first-order chi connectivity index (χ1) is 15.8. The average molecular weight is 495 g/mol. The Morgan fingerprint density at radius 3 is 2.00 bits per heavy atom. The van der Waals surface area contributed by atoms with Gasteiger partial charge in [-0.2, -0.15) is 0 Å². The maximum Gasteiger partial charge on any atom is 0.573 e. The van der Waals surface area contributed by atoms with Crippen LogP contribution in [0.5, 0.6) is 5.75 Å². The fourth-order valence-corrected chi connectivity index (χ4v) is 3.43. The molecule has 180 valence electrons. The van der Waals surface area contributed by atoms with Gasteiger partial charge in [-0.1, -0.05) is 41.2 Å². The minimum absolute atomic E-state index is 0.00367. The number of hydrogen-bond acceptors (Lipinski definition) is 8. The summed E-state index contributed by atoms with van der Waals surface area (Å²) in [6, 6.07) is 12.5. The maximum atomic E-state index is 12.4. The van der Waals surface area contributed by atoms with E-state index in [1.807, 2.05) is 0 Å². The van der Waals surface area contributed by atoms with E-state index in [4.69, 9.17) is 0 Å². The number of alkyl halides is 3. The topological polar surface area (TPSA) is 92.5 Å². The van der Waals surface area contributed by atoms with Crippen molar-refractivity contribution in [3.8, 4) is 16.9 Å². The van der Waals surface area contributed by atoms with Crippen LogP contribution in [-0.4, -0.2) is 33.3 Å². The molecular formula is C22H20F3N3O5S. The van der Waals surface area contributed by atoms with Crippen LogP contribution >= 0.6 is 11.8 Å². The molecule has 0 aliphatic rings. The number of carbonyl (C=O) groups is 2. The van der Waals surface area contributed by atoms with Gasteiger partial charge in [0.25, 0.3) is 0 Å². The number of ether oxygens (including phenoxy) is 1. The van der Waals surface area contributed by atoms with Gasteiger partial charge in [-0.05, 0) is 56.2 Å². The minimum Gasteiger partial charge on any atom is -0.406 e. The van der Waals surface area contributed by atoms with Crippen molar-refractivity contribution in [2.75, 3.05) is 0 Å². The molecule has 0 spiro atoms. The van der Waals surface area contributed by atoms with E-state index in [0.29, 0.717) is 10.5 Å². The van der Waals surface area contributed by atoms with Gasteiger partial charge in [-0.25, -0.2) is 24.0 Å². The van der Waals surface area contributed by atoms with Crippen LogP contribution in [0.25, 0.3) is 11.1 Å². The van der Waals surface area contributed by atoms with Crippen molar-refractivity contribution in [2.24, 2.45) is 12.5 Å². The number of halogens is 3. The van der Waals surface area contributed by atoms with Crippen LogP contribution in [0.15, 0.2) is 58.5 Å². The van der Waals surface area contributed by atoms with Crippen molar-refractivity contribution < 1.29 is 37.3 Å². The molecule has 0 unspecified atom stereocenters. The molecule has 34 heavy (non-hydrogen) atoms. The van der Waals surface area contributed by atoms with Crippen molar-refractivity contribution in [3.63, 3.8) is 0 Å². The summed E-state index contributed by atoms with van der Waals surface area (Å²) in [5.41, 5.74) is 0.595. The number of rotatable bonds is 5. The van der Waals surface area contributed by atoms with Crippen LogP contribution in [0.4, 0.5) is 13.2 Å². The molecule has 3 aromatic rings. The van der Waals surface area contributed by atoms with E-state index in [9.17, 15) is 22.8 Å². The van der Waals surface area contributed by atoms with Gasteiger partial charge >= 0.3 is 18.3 Å². The molecule has 0 aliphatic carbocycles. The summed E-state index contributed by atoms with van der Waals surface area (Å²) >= 11 is 1.14. The van der Waals surface area contributed by atoms with Gasteiger partial charge in [0.15, 0.2) is 10.7 Å². The standard InChI is InChI=1S/C22H20F3N3O5S/c1-21(2,3)20(30)33-32-19(29)17-18(26-27-28(17)4)34-16-11-7-14(8-12-16)13-5-9-15(10-6-13)31-22(23,24)25/h5-12H,1-4H3. The molecule has 1 aromatic heterocycles. The second-order valence-corrected chi connectivity index (χ2v) is 9.12. The number of aryl methyl sites for hydroxylation is 1. The SMILES string of the molecule is Cn1nnc(Sc2ccc(-c3ccc(OC(F)(F)F)cc3)cc2)c1C(=O)OOC(=O)C(C)(C)C. The van der Waals surface area contributed by atoms with Gasteiger partial charge in [0, 0.05) is 11.9 Å². The van der Waals surface area contributed by atoms with Crippen molar-refractivity contribution in [1.29, 1.82) is 0 Å². The van der Waals surface area contributed by atoms with Crippen molar-refractivity contribution in [3.05, 3.63) is 54.2 Å². The van der Waals surface area contributed by atoms with Crippen molar-refractivity contribution in [2.45, 2.75) is 37.1 Å². The first kappa shape index (κ1) is 25.1. The van der Waals surface area contributed by atoms with Gasteiger partial charge in [0.2, 0.25) is 0 Å². The zero-order valence-corrected chi connectivity index (χ0v) is 19.4. The van der Waals surface area contributed by atoms with Gasteiger partial charge in [-0.15, -0.1) is 18.3 Å². The second-order valence-electron chi connectivity index (χ2n) is 8.06. The average Bonchev–Trinajstić information content (AvgIpc) is 3.11. The normalized spacial score (nSPS) is 11.7. The molecule has 0 bridgehead atoms. The maximum absolute atomic E-state index is 12.4. The van der Waals surface area contributed by atoms with Crippen molar-refractivity contribution in [1.82, 2.24) is 15.0 Å². The lowest BCUT2D eigenvalue weighted by Crippen LogP contribution is -2.25. The van der Waals surface area contributed by atoms with E-state index < -0.39 is 23.7 Å². The highest BCUT2D eigenvalue weighted by atomic mass is 32.2. The molecule has 2 aromatic carbocycles. The summed E-state index contributed by atoms with van der Waals surface area (Å²) in [7, 11) is 1.49. The zero-order chi connectivity index (χ0) is 25.1. The smallest absolute Gasteiger partial charge is 0.406 e. The third-order valence-corrected chi connectivity index (χ3v) is 5.26. The van der Waals surface area contributed by atoms with E-state index >= 15 is 0 Å². The molecule has 0 N–H and O–H groups in total. The molecule has 0 amide bonds. The third-order valence-electron chi connectivity index (χ3n) is 4.28. The Morgan fingerprint density at radius 2 is 1.47 bits per heavy atom. The van der Waals surface area contributed by atoms with Crippen LogP contribution < -0.4 is 4.74 Å². The molecule has 0 atom stereocenters. The van der Waals surface area contributed by atoms with E-state index in [1.165, 1.54) is 36.0 Å². The summed E-state index contributed by atoms with van der Waals surface area (Å²) in [5, 5.41) is 8.01. The predicted octanol–water partition coefficient (Wildman–Crippen LogP) is 5.19. The van der Waals surface area contributed by atoms with Crippen LogP contribution in [-0.2, 0) is 21.6 Å². The first-order valence-electron chi connectivity index (χ1n) is 9.80. The van der Waals surface area contributed by atoms with Gasteiger partial charge in [0.1, 0.15) is 5.75 Å². The number of aromatic nitrogens is 3. The molecule has 0 fully saturated rings. The quantitative estimate of drug-likeness (QED) is 0.353. The lowest BCUT2D eigenvalue weighted by molar-refractivity contribution is -0.274. The summed E-state index contributed by atoms with van der Waals surface area (Å²) in [4.78, 5) is 34.2. The van der Waals surface area contributed by atoms with Crippen LogP contribution in [0, 0.1) is 5.41 Å². The van der Waals surface area contributed by atoms with Gasteiger partial charge in [-0.3, -0.25) is 0 Å². The fourth-order valence-electron chi connectivity index (χ4n) is 2.54. The van der Waals surface area contributed by atoms with Gasteiger partial charge in [0.05, 0.1) is 5.41 Å². The van der Waals surface area contributed by atoms with Crippen LogP contribution in [0.2, 0.25) is 0 Å². The number of hydrogen-bond donors (Lipinski definition) is 0.